The minimum absolute atomic E-state index is 0.636. The van der Waals surface area contributed by atoms with Gasteiger partial charge in [0.1, 0.15) is 5.03 Å². The van der Waals surface area contributed by atoms with Crippen LogP contribution in [0.3, 0.4) is 0 Å². The first kappa shape index (κ1) is 12.5. The lowest BCUT2D eigenvalue weighted by molar-refractivity contribution is 0.596. The second kappa shape index (κ2) is 5.66. The molecule has 3 heteroatoms. The van der Waals surface area contributed by atoms with Gasteiger partial charge in [0.05, 0.1) is 5.69 Å². The summed E-state index contributed by atoms with van der Waals surface area (Å²) in [7, 11) is 0. The van der Waals surface area contributed by atoms with E-state index in [1.54, 1.807) is 11.8 Å². The predicted octanol–water partition coefficient (Wildman–Crippen LogP) is 3.88. The molecular weight excluding hydrogens is 252 g/mol. The first-order chi connectivity index (χ1) is 9.34. The Balaban J connectivity index is 1.73. The van der Waals surface area contributed by atoms with E-state index in [4.69, 9.17) is 5.73 Å². The number of nitrogens with zero attached hydrogens (tertiary/aromatic N) is 1. The van der Waals surface area contributed by atoms with Gasteiger partial charge in [-0.1, -0.05) is 24.3 Å². The van der Waals surface area contributed by atoms with E-state index < -0.39 is 0 Å². The first-order valence-electron chi connectivity index (χ1n) is 6.75. The summed E-state index contributed by atoms with van der Waals surface area (Å²) in [5.74, 6) is 1.70. The maximum atomic E-state index is 5.95. The number of fused-ring (bicyclic) bond motifs is 1. The Morgan fingerprint density at radius 2 is 2.11 bits per heavy atom. The molecule has 1 aromatic carbocycles. The van der Waals surface area contributed by atoms with Crippen LogP contribution in [0.15, 0.2) is 47.6 Å². The SMILES string of the molecule is Nc1cccnc1SCC1CCCc2ccccc21. The van der Waals surface area contributed by atoms with E-state index in [0.717, 1.165) is 16.5 Å². The van der Waals surface area contributed by atoms with E-state index in [-0.39, 0.29) is 0 Å². The summed E-state index contributed by atoms with van der Waals surface area (Å²) in [6.45, 7) is 0. The number of benzene rings is 1. The van der Waals surface area contributed by atoms with Crippen molar-refractivity contribution in [1.29, 1.82) is 0 Å². The van der Waals surface area contributed by atoms with Crippen LogP contribution in [0.2, 0.25) is 0 Å². The zero-order chi connectivity index (χ0) is 13.1. The molecule has 0 fully saturated rings. The largest absolute Gasteiger partial charge is 0.397 e. The summed E-state index contributed by atoms with van der Waals surface area (Å²) in [4.78, 5) is 4.36. The number of nitrogen functional groups attached to an aromatic ring is 1. The van der Waals surface area contributed by atoms with Gasteiger partial charge in [-0.3, -0.25) is 0 Å². The fraction of sp³-hybridized carbons (Fsp3) is 0.312. The van der Waals surface area contributed by atoms with Crippen molar-refractivity contribution < 1.29 is 0 Å². The summed E-state index contributed by atoms with van der Waals surface area (Å²) >= 11 is 1.78. The summed E-state index contributed by atoms with van der Waals surface area (Å²) in [5.41, 5.74) is 9.78. The van der Waals surface area contributed by atoms with Crippen molar-refractivity contribution in [2.45, 2.75) is 30.2 Å². The Morgan fingerprint density at radius 1 is 1.21 bits per heavy atom. The number of rotatable bonds is 3. The van der Waals surface area contributed by atoms with Gasteiger partial charge in [0, 0.05) is 11.9 Å². The molecule has 2 nitrogen and oxygen atoms in total. The molecule has 0 radical (unpaired) electrons. The smallest absolute Gasteiger partial charge is 0.119 e. The molecule has 1 heterocycles. The molecule has 1 atom stereocenters. The van der Waals surface area contributed by atoms with Crippen LogP contribution in [0, 0.1) is 0 Å². The minimum Gasteiger partial charge on any atom is -0.397 e. The third-order valence-electron chi connectivity index (χ3n) is 3.72. The van der Waals surface area contributed by atoms with E-state index >= 15 is 0 Å². The molecule has 1 aromatic heterocycles. The topological polar surface area (TPSA) is 38.9 Å². The van der Waals surface area contributed by atoms with Gasteiger partial charge in [0.2, 0.25) is 0 Å². The molecule has 1 unspecified atom stereocenters. The molecule has 0 amide bonds. The molecule has 1 aliphatic carbocycles. The number of aromatic nitrogens is 1. The van der Waals surface area contributed by atoms with Gasteiger partial charge in [-0.25, -0.2) is 4.98 Å². The normalized spacial score (nSPS) is 18.0. The number of nitrogens with two attached hydrogens (primary N) is 1. The second-order valence-corrected chi connectivity index (χ2v) is 6.01. The molecule has 0 saturated carbocycles. The Bertz CT molecular complexity index is 568. The lowest BCUT2D eigenvalue weighted by Crippen LogP contribution is -2.11. The van der Waals surface area contributed by atoms with Gasteiger partial charge in [-0.05, 0) is 48.4 Å². The third kappa shape index (κ3) is 2.76. The zero-order valence-corrected chi connectivity index (χ0v) is 11.7. The number of anilines is 1. The van der Waals surface area contributed by atoms with Gasteiger partial charge < -0.3 is 5.73 Å². The average molecular weight is 270 g/mol. The fourth-order valence-electron chi connectivity index (χ4n) is 2.73. The maximum absolute atomic E-state index is 5.95. The number of hydrogen-bond acceptors (Lipinski definition) is 3. The van der Waals surface area contributed by atoms with Crippen LogP contribution in [0.1, 0.15) is 29.9 Å². The Hall–Kier alpha value is -1.48. The summed E-state index contributed by atoms with van der Waals surface area (Å²) in [6.07, 6.45) is 5.60. The monoisotopic (exact) mass is 270 g/mol. The van der Waals surface area contributed by atoms with Gasteiger partial charge in [-0.2, -0.15) is 0 Å². The second-order valence-electron chi connectivity index (χ2n) is 5.00. The molecule has 0 aliphatic heterocycles. The van der Waals surface area contributed by atoms with Crippen LogP contribution in [0.5, 0.6) is 0 Å². The number of hydrogen-bond donors (Lipinski definition) is 1. The van der Waals surface area contributed by atoms with Crippen molar-refractivity contribution in [3.8, 4) is 0 Å². The van der Waals surface area contributed by atoms with Gasteiger partial charge >= 0.3 is 0 Å². The Kier molecular flexibility index (Phi) is 3.74. The molecule has 0 saturated heterocycles. The van der Waals surface area contributed by atoms with E-state index in [1.807, 2.05) is 18.3 Å². The standard InChI is InChI=1S/C16H18N2S/c17-15-9-4-10-18-16(15)19-11-13-7-3-6-12-5-1-2-8-14(12)13/h1-2,4-5,8-10,13H,3,6-7,11,17H2. The Labute approximate surface area is 118 Å². The van der Waals surface area contributed by atoms with Crippen LogP contribution >= 0.6 is 11.8 Å². The number of thioether (sulfide) groups is 1. The van der Waals surface area contributed by atoms with E-state index in [0.29, 0.717) is 5.92 Å². The molecule has 0 bridgehead atoms. The van der Waals surface area contributed by atoms with Gasteiger partial charge in [0.15, 0.2) is 0 Å². The third-order valence-corrected chi connectivity index (χ3v) is 4.90. The quantitative estimate of drug-likeness (QED) is 0.860. The van der Waals surface area contributed by atoms with Crippen LogP contribution in [-0.4, -0.2) is 10.7 Å². The predicted molar refractivity (Wildman–Crippen MR) is 81.5 cm³/mol. The van der Waals surface area contributed by atoms with Crippen molar-refractivity contribution in [2.75, 3.05) is 11.5 Å². The van der Waals surface area contributed by atoms with Crippen LogP contribution in [-0.2, 0) is 6.42 Å². The van der Waals surface area contributed by atoms with Crippen molar-refractivity contribution in [2.24, 2.45) is 0 Å². The molecule has 0 spiro atoms. The van der Waals surface area contributed by atoms with Gasteiger partial charge in [-0.15, -0.1) is 11.8 Å². The Morgan fingerprint density at radius 3 is 3.00 bits per heavy atom. The van der Waals surface area contributed by atoms with Crippen molar-refractivity contribution in [1.82, 2.24) is 4.98 Å². The van der Waals surface area contributed by atoms with Gasteiger partial charge in [0.25, 0.3) is 0 Å². The molecule has 2 N–H and O–H groups in total. The van der Waals surface area contributed by atoms with Crippen molar-refractivity contribution in [3.05, 3.63) is 53.7 Å². The molecule has 2 aromatic rings. The van der Waals surface area contributed by atoms with Crippen LogP contribution < -0.4 is 5.73 Å². The number of aryl methyl sites for hydroxylation is 1. The van der Waals surface area contributed by atoms with E-state index in [1.165, 1.54) is 30.4 Å². The molecular formula is C16H18N2S. The van der Waals surface area contributed by atoms with Crippen LogP contribution in [0.4, 0.5) is 5.69 Å². The molecule has 98 valence electrons. The fourth-order valence-corrected chi connectivity index (χ4v) is 3.81. The molecule has 1 aliphatic rings. The highest BCUT2D eigenvalue weighted by Gasteiger charge is 2.20. The van der Waals surface area contributed by atoms with Crippen molar-refractivity contribution in [3.63, 3.8) is 0 Å². The highest BCUT2D eigenvalue weighted by atomic mass is 32.2. The molecule has 3 rings (SSSR count). The average Bonchev–Trinajstić information content (AvgIpc) is 2.46. The highest BCUT2D eigenvalue weighted by Crippen LogP contribution is 2.36. The lowest BCUT2D eigenvalue weighted by Gasteiger charge is -2.25. The zero-order valence-electron chi connectivity index (χ0n) is 10.9. The van der Waals surface area contributed by atoms with Crippen LogP contribution in [0.25, 0.3) is 0 Å². The summed E-state index contributed by atoms with van der Waals surface area (Å²) < 4.78 is 0. The first-order valence-corrected chi connectivity index (χ1v) is 7.74. The van der Waals surface area contributed by atoms with Crippen molar-refractivity contribution >= 4 is 17.4 Å². The number of pyridine rings is 1. The summed E-state index contributed by atoms with van der Waals surface area (Å²) in [5, 5.41) is 0.963. The highest BCUT2D eigenvalue weighted by molar-refractivity contribution is 7.99. The van der Waals surface area contributed by atoms with E-state index in [9.17, 15) is 0 Å². The minimum atomic E-state index is 0.636. The van der Waals surface area contributed by atoms with E-state index in [2.05, 4.69) is 29.2 Å². The molecule has 19 heavy (non-hydrogen) atoms. The summed E-state index contributed by atoms with van der Waals surface area (Å²) in [6, 6.07) is 12.6. The lowest BCUT2D eigenvalue weighted by atomic mass is 9.84. The maximum Gasteiger partial charge on any atom is 0.119 e.